The summed E-state index contributed by atoms with van der Waals surface area (Å²) in [6.45, 7) is 0. The summed E-state index contributed by atoms with van der Waals surface area (Å²) >= 11 is 4.28. The van der Waals surface area contributed by atoms with Crippen molar-refractivity contribution in [3.63, 3.8) is 0 Å². The molecule has 0 unspecified atom stereocenters. The number of phenolic OH excluding ortho intramolecular Hbond substituents is 1. The number of hydrogen-bond donors (Lipinski definition) is 3. The normalized spacial score (nSPS) is 11.4. The number of aromatic hydroxyl groups is 1. The second kappa shape index (κ2) is 9.42. The van der Waals surface area contributed by atoms with E-state index in [1.807, 2.05) is 12.1 Å². The second-order valence-corrected chi connectivity index (χ2v) is 6.96. The van der Waals surface area contributed by atoms with E-state index in [1.165, 1.54) is 0 Å². The molecule has 8 heteroatoms. The van der Waals surface area contributed by atoms with Gasteiger partial charge < -0.3 is 22.1 Å². The fourth-order valence-electron chi connectivity index (χ4n) is 1.80. The molecule has 0 radical (unpaired) electrons. The third-order valence-corrected chi connectivity index (χ3v) is 4.49. The minimum absolute atomic E-state index is 0. The minimum atomic E-state index is -1.02. The molecule has 0 aromatic heterocycles. The van der Waals surface area contributed by atoms with Gasteiger partial charge in [-0.15, -0.1) is 0 Å². The van der Waals surface area contributed by atoms with Crippen LogP contribution in [0.25, 0.3) is 0 Å². The number of carbonyl (C=O) groups is 1. The molecule has 2 aromatic rings. The largest absolute Gasteiger partial charge is 1.00 e. The third kappa shape index (κ3) is 6.05. The van der Waals surface area contributed by atoms with Crippen LogP contribution in [0.3, 0.4) is 0 Å². The molecule has 0 amide bonds. The van der Waals surface area contributed by atoms with Gasteiger partial charge in [0.1, 0.15) is 17.5 Å². The zero-order valence-electron chi connectivity index (χ0n) is 13.3. The van der Waals surface area contributed by atoms with Crippen LogP contribution in [0.15, 0.2) is 36.4 Å². The van der Waals surface area contributed by atoms with Gasteiger partial charge in [-0.05, 0) is 93.6 Å². The zero-order valence-corrected chi connectivity index (χ0v) is 18.6. The number of benzene rings is 2. The summed E-state index contributed by atoms with van der Waals surface area (Å²) in [5, 5.41) is 18.2. The van der Waals surface area contributed by atoms with E-state index in [9.17, 15) is 9.90 Å². The zero-order chi connectivity index (χ0) is 16.3. The Hall–Kier alpha value is -0.0700. The van der Waals surface area contributed by atoms with Gasteiger partial charge in [0.05, 0.1) is 7.14 Å². The number of halogens is 2. The first-order chi connectivity index (χ1) is 10.4. The predicted molar refractivity (Wildman–Crippen MR) is 100 cm³/mol. The molecule has 4 N–H and O–H groups in total. The van der Waals surface area contributed by atoms with Crippen molar-refractivity contribution in [3.05, 3.63) is 49.1 Å². The van der Waals surface area contributed by atoms with Crippen LogP contribution in [0.1, 0.15) is 6.99 Å². The second-order valence-electron chi connectivity index (χ2n) is 4.63. The van der Waals surface area contributed by atoms with Crippen molar-refractivity contribution >= 4 is 51.2 Å². The molecule has 0 bridgehead atoms. The van der Waals surface area contributed by atoms with Gasteiger partial charge in [-0.1, -0.05) is 0 Å². The van der Waals surface area contributed by atoms with Crippen LogP contribution in [0.5, 0.6) is 17.2 Å². The number of phenols is 1. The molecular weight excluding hydrogens is 535 g/mol. The fourth-order valence-corrected chi connectivity index (χ4v) is 3.92. The van der Waals surface area contributed by atoms with Crippen molar-refractivity contribution in [2.24, 2.45) is 5.73 Å². The first kappa shape index (κ1) is 21.0. The number of nitrogens with two attached hydrogens (primary N) is 1. The van der Waals surface area contributed by atoms with Crippen LogP contribution in [0.4, 0.5) is 0 Å². The molecule has 0 saturated carbocycles. The molecular formula is C15H14I2NNaO4. The number of ether oxygens (including phenoxy) is 1. The Morgan fingerprint density at radius 3 is 2.22 bits per heavy atom. The van der Waals surface area contributed by atoms with Crippen molar-refractivity contribution < 1.29 is 50.7 Å². The monoisotopic (exact) mass is 549 g/mol. The summed E-state index contributed by atoms with van der Waals surface area (Å²) < 4.78 is 7.56. The molecule has 2 rings (SSSR count). The van der Waals surface area contributed by atoms with E-state index in [2.05, 4.69) is 45.2 Å². The summed E-state index contributed by atoms with van der Waals surface area (Å²) in [6.07, 6.45) is 0.265. The molecule has 0 spiro atoms. The van der Waals surface area contributed by atoms with Gasteiger partial charge in [0, 0.05) is 0 Å². The van der Waals surface area contributed by atoms with Crippen LogP contribution in [-0.4, -0.2) is 22.2 Å². The molecule has 0 fully saturated rings. The molecule has 1 atom stereocenters. The maximum Gasteiger partial charge on any atom is 1.00 e. The first-order valence-corrected chi connectivity index (χ1v) is 8.45. The van der Waals surface area contributed by atoms with Crippen LogP contribution < -0.4 is 40.0 Å². The molecule has 0 aliphatic rings. The van der Waals surface area contributed by atoms with Gasteiger partial charge in [0.15, 0.2) is 5.75 Å². The van der Waals surface area contributed by atoms with Crippen molar-refractivity contribution in [3.8, 4) is 17.2 Å². The summed E-state index contributed by atoms with van der Waals surface area (Å²) in [4.78, 5) is 10.8. The molecule has 0 aliphatic heterocycles. The summed E-state index contributed by atoms with van der Waals surface area (Å²) in [5.74, 6) is 0.465. The van der Waals surface area contributed by atoms with Crippen molar-refractivity contribution in [2.45, 2.75) is 12.5 Å². The Bertz CT molecular complexity index is 677. The number of aliphatic carboxylic acids is 1. The van der Waals surface area contributed by atoms with Crippen LogP contribution in [0, 0.1) is 7.14 Å². The average Bonchev–Trinajstić information content (AvgIpc) is 2.44. The van der Waals surface area contributed by atoms with Gasteiger partial charge in [-0.25, -0.2) is 0 Å². The van der Waals surface area contributed by atoms with E-state index in [-0.39, 0.29) is 43.2 Å². The SMILES string of the molecule is N[C@@H](Cc1cc(I)c(Oc2ccc(O)cc2)c(I)c1)C(=O)O.[H-].[Na+]. The van der Waals surface area contributed by atoms with Crippen molar-refractivity contribution in [2.75, 3.05) is 0 Å². The number of carboxylic acid groups (broad SMARTS) is 1. The maximum atomic E-state index is 10.8. The Morgan fingerprint density at radius 2 is 1.74 bits per heavy atom. The third-order valence-electron chi connectivity index (χ3n) is 2.89. The van der Waals surface area contributed by atoms with Gasteiger partial charge in [-0.2, -0.15) is 0 Å². The first-order valence-electron chi connectivity index (χ1n) is 6.30. The van der Waals surface area contributed by atoms with E-state index in [0.29, 0.717) is 11.5 Å². The minimum Gasteiger partial charge on any atom is -1.00 e. The average molecular weight is 549 g/mol. The fraction of sp³-hybridized carbons (Fsp3) is 0.133. The quantitative estimate of drug-likeness (QED) is 0.373. The Kier molecular flexibility index (Phi) is 8.59. The van der Waals surface area contributed by atoms with Gasteiger partial charge in [-0.3, -0.25) is 4.79 Å². The Balaban J connectivity index is 0.00000264. The van der Waals surface area contributed by atoms with Crippen molar-refractivity contribution in [1.29, 1.82) is 0 Å². The summed E-state index contributed by atoms with van der Waals surface area (Å²) in [5.41, 5.74) is 6.41. The van der Waals surface area contributed by atoms with Gasteiger partial charge >= 0.3 is 35.5 Å². The van der Waals surface area contributed by atoms with Gasteiger partial charge in [0.2, 0.25) is 0 Å². The molecule has 0 saturated heterocycles. The molecule has 2 aromatic carbocycles. The molecule has 5 nitrogen and oxygen atoms in total. The molecule has 23 heavy (non-hydrogen) atoms. The standard InChI is InChI=1S/C15H13I2NO4.Na.H/c16-11-5-8(7-13(18)15(20)21)6-12(17)14(11)22-10-3-1-9(19)2-4-10;;/h1-6,13,19H,7,18H2,(H,20,21);;/q;+1;-1/t13-;;/m0../s1. The van der Waals surface area contributed by atoms with E-state index in [1.54, 1.807) is 24.3 Å². The van der Waals surface area contributed by atoms with Crippen LogP contribution >= 0.6 is 45.2 Å². The predicted octanol–water partition coefficient (Wildman–Crippen LogP) is 0.465. The van der Waals surface area contributed by atoms with Crippen LogP contribution in [0.2, 0.25) is 0 Å². The molecule has 0 aliphatic carbocycles. The Morgan fingerprint density at radius 1 is 1.22 bits per heavy atom. The summed E-state index contributed by atoms with van der Waals surface area (Å²) in [7, 11) is 0. The van der Waals surface area contributed by atoms with E-state index in [4.69, 9.17) is 15.6 Å². The number of carboxylic acids is 1. The number of rotatable bonds is 5. The Labute approximate surface area is 184 Å². The van der Waals surface area contributed by atoms with Crippen molar-refractivity contribution in [1.82, 2.24) is 0 Å². The molecule has 0 heterocycles. The van der Waals surface area contributed by atoms with E-state index >= 15 is 0 Å². The van der Waals surface area contributed by atoms with E-state index < -0.39 is 12.0 Å². The number of hydrogen-bond acceptors (Lipinski definition) is 4. The smallest absolute Gasteiger partial charge is 1.00 e. The topological polar surface area (TPSA) is 92.8 Å². The van der Waals surface area contributed by atoms with Gasteiger partial charge in [0.25, 0.3) is 0 Å². The summed E-state index contributed by atoms with van der Waals surface area (Å²) in [6, 6.07) is 9.26. The molecule has 118 valence electrons. The van der Waals surface area contributed by atoms with Crippen LogP contribution in [-0.2, 0) is 11.2 Å². The maximum absolute atomic E-state index is 10.8. The van der Waals surface area contributed by atoms with E-state index in [0.717, 1.165) is 12.7 Å².